The first-order valence-corrected chi connectivity index (χ1v) is 9.05. The fourth-order valence-corrected chi connectivity index (χ4v) is 3.53. The van der Waals surface area contributed by atoms with Gasteiger partial charge in [0.2, 0.25) is 5.79 Å². The zero-order chi connectivity index (χ0) is 17.4. The van der Waals surface area contributed by atoms with Gasteiger partial charge in [-0.1, -0.05) is 48.0 Å². The van der Waals surface area contributed by atoms with Crippen molar-refractivity contribution in [1.82, 2.24) is 0 Å². The van der Waals surface area contributed by atoms with Crippen LogP contribution in [-0.4, -0.2) is 31.6 Å². The zero-order valence-electron chi connectivity index (χ0n) is 14.4. The molecule has 1 aliphatic heterocycles. The summed E-state index contributed by atoms with van der Waals surface area (Å²) in [5, 5.41) is 0. The summed E-state index contributed by atoms with van der Waals surface area (Å²) in [6, 6.07) is 8.11. The summed E-state index contributed by atoms with van der Waals surface area (Å²) >= 11 is 3.62. The summed E-state index contributed by atoms with van der Waals surface area (Å²) in [5.41, 5.74) is 3.42. The molecule has 4 nitrogen and oxygen atoms in total. The Balaban J connectivity index is 1.77. The Morgan fingerprint density at radius 1 is 1.25 bits per heavy atom. The minimum atomic E-state index is -0.685. The molecule has 0 unspecified atom stereocenters. The van der Waals surface area contributed by atoms with Gasteiger partial charge >= 0.3 is 5.97 Å². The number of hydrogen-bond acceptors (Lipinski definition) is 4. The predicted octanol–water partition coefficient (Wildman–Crippen LogP) is 4.33. The van der Waals surface area contributed by atoms with Crippen molar-refractivity contribution in [1.29, 1.82) is 0 Å². The van der Waals surface area contributed by atoms with Gasteiger partial charge in [0.25, 0.3) is 0 Å². The lowest BCUT2D eigenvalue weighted by Crippen LogP contribution is -2.41. The molecule has 2 aliphatic rings. The maximum atomic E-state index is 10.9. The molecule has 1 aromatic carbocycles. The first-order chi connectivity index (χ1) is 11.4. The molecule has 1 spiro atoms. The van der Waals surface area contributed by atoms with E-state index in [1.165, 1.54) is 6.92 Å². The minimum absolute atomic E-state index is 0.0235. The molecule has 3 rings (SSSR count). The van der Waals surface area contributed by atoms with Crippen LogP contribution in [0.4, 0.5) is 0 Å². The number of benzene rings is 1. The minimum Gasteiger partial charge on any atom is -0.466 e. The van der Waals surface area contributed by atoms with Crippen LogP contribution < -0.4 is 0 Å². The van der Waals surface area contributed by atoms with E-state index in [0.717, 1.165) is 34.0 Å². The van der Waals surface area contributed by atoms with Crippen LogP contribution in [0.1, 0.15) is 39.2 Å². The van der Waals surface area contributed by atoms with Gasteiger partial charge in [-0.15, -0.1) is 0 Å². The first-order valence-electron chi connectivity index (χ1n) is 8.26. The standard InChI is InChI=1S/C19H23BrO4/c1-13(21)22-10-6-8-15-17(14-7-4-5-9-16(14)20)19(15)23-11-18(2,3)12-24-19/h4-5,7,9H,6,8,10-12H2,1-3H3. The Kier molecular flexibility index (Phi) is 4.87. The van der Waals surface area contributed by atoms with E-state index in [4.69, 9.17) is 14.2 Å². The molecule has 1 heterocycles. The second kappa shape index (κ2) is 6.62. The number of esters is 1. The monoisotopic (exact) mass is 394 g/mol. The van der Waals surface area contributed by atoms with Crippen LogP contribution in [0.25, 0.3) is 5.57 Å². The van der Waals surface area contributed by atoms with E-state index in [-0.39, 0.29) is 11.4 Å². The zero-order valence-corrected chi connectivity index (χ0v) is 15.9. The quantitative estimate of drug-likeness (QED) is 0.550. The molecule has 1 aliphatic carbocycles. The summed E-state index contributed by atoms with van der Waals surface area (Å²) in [4.78, 5) is 10.9. The van der Waals surface area contributed by atoms with Gasteiger partial charge in [0, 0.05) is 28.0 Å². The topological polar surface area (TPSA) is 44.8 Å². The van der Waals surface area contributed by atoms with Crippen molar-refractivity contribution in [2.45, 2.75) is 39.4 Å². The van der Waals surface area contributed by atoms with Crippen LogP contribution in [0.5, 0.6) is 0 Å². The Bertz CT molecular complexity index is 668. The van der Waals surface area contributed by atoms with Crippen molar-refractivity contribution in [2.24, 2.45) is 5.41 Å². The van der Waals surface area contributed by atoms with Crippen molar-refractivity contribution in [2.75, 3.05) is 19.8 Å². The van der Waals surface area contributed by atoms with E-state index in [1.54, 1.807) is 0 Å². The predicted molar refractivity (Wildman–Crippen MR) is 95.3 cm³/mol. The smallest absolute Gasteiger partial charge is 0.302 e. The third-order valence-corrected chi connectivity index (χ3v) is 5.01. The maximum absolute atomic E-state index is 10.9. The summed E-state index contributed by atoms with van der Waals surface area (Å²) in [6.07, 6.45) is 1.56. The number of carbonyl (C=O) groups excluding carboxylic acids is 1. The summed E-state index contributed by atoms with van der Waals surface area (Å²) in [6.45, 7) is 7.45. The van der Waals surface area contributed by atoms with E-state index in [0.29, 0.717) is 19.8 Å². The van der Waals surface area contributed by atoms with E-state index < -0.39 is 5.79 Å². The third kappa shape index (κ3) is 3.44. The highest BCUT2D eigenvalue weighted by Gasteiger charge is 2.59. The molecule has 0 N–H and O–H groups in total. The average Bonchev–Trinajstić information content (AvgIpc) is 3.14. The highest BCUT2D eigenvalue weighted by molar-refractivity contribution is 9.10. The molecule has 0 aromatic heterocycles. The van der Waals surface area contributed by atoms with Crippen molar-refractivity contribution in [3.05, 3.63) is 39.9 Å². The fourth-order valence-electron chi connectivity index (χ4n) is 3.05. The van der Waals surface area contributed by atoms with Crippen molar-refractivity contribution in [3.8, 4) is 0 Å². The van der Waals surface area contributed by atoms with Crippen molar-refractivity contribution in [3.63, 3.8) is 0 Å². The normalized spacial score (nSPS) is 21.0. The molecule has 5 heteroatoms. The van der Waals surface area contributed by atoms with E-state index >= 15 is 0 Å². The largest absolute Gasteiger partial charge is 0.466 e. The molecular formula is C19H23BrO4. The van der Waals surface area contributed by atoms with Crippen LogP contribution in [0.3, 0.4) is 0 Å². The second-order valence-corrected chi connectivity index (χ2v) is 7.99. The molecular weight excluding hydrogens is 372 g/mol. The number of carbonyl (C=O) groups is 1. The number of rotatable bonds is 5. The Morgan fingerprint density at radius 3 is 2.54 bits per heavy atom. The summed E-state index contributed by atoms with van der Waals surface area (Å²) in [7, 11) is 0. The fraction of sp³-hybridized carbons (Fsp3) is 0.526. The van der Waals surface area contributed by atoms with Gasteiger partial charge in [0.05, 0.1) is 19.8 Å². The average molecular weight is 395 g/mol. The molecule has 1 fully saturated rings. The molecule has 24 heavy (non-hydrogen) atoms. The lowest BCUT2D eigenvalue weighted by molar-refractivity contribution is -0.227. The summed E-state index contributed by atoms with van der Waals surface area (Å²) < 4.78 is 18.4. The molecule has 130 valence electrons. The Morgan fingerprint density at radius 2 is 1.92 bits per heavy atom. The van der Waals surface area contributed by atoms with E-state index in [1.807, 2.05) is 18.2 Å². The lowest BCUT2D eigenvalue weighted by Gasteiger charge is -2.37. The van der Waals surface area contributed by atoms with E-state index in [2.05, 4.69) is 35.8 Å². The van der Waals surface area contributed by atoms with Crippen LogP contribution in [-0.2, 0) is 19.0 Å². The molecule has 0 radical (unpaired) electrons. The first kappa shape index (κ1) is 17.6. The SMILES string of the molecule is CC(=O)OCCCC1=C(c2ccccc2Br)C12OCC(C)(C)CO2. The van der Waals surface area contributed by atoms with Gasteiger partial charge in [-0.05, 0) is 24.5 Å². The molecule has 0 atom stereocenters. The lowest BCUT2D eigenvalue weighted by atomic mass is 9.95. The second-order valence-electron chi connectivity index (χ2n) is 7.14. The van der Waals surface area contributed by atoms with Crippen LogP contribution in [0, 0.1) is 5.41 Å². The number of halogens is 1. The maximum Gasteiger partial charge on any atom is 0.302 e. The molecule has 0 saturated carbocycles. The molecule has 1 aromatic rings. The van der Waals surface area contributed by atoms with Crippen LogP contribution in [0.2, 0.25) is 0 Å². The van der Waals surface area contributed by atoms with Gasteiger partial charge in [-0.2, -0.15) is 0 Å². The van der Waals surface area contributed by atoms with Crippen molar-refractivity contribution >= 4 is 27.5 Å². The highest BCUT2D eigenvalue weighted by atomic mass is 79.9. The number of hydrogen-bond donors (Lipinski definition) is 0. The van der Waals surface area contributed by atoms with Gasteiger partial charge in [0.1, 0.15) is 0 Å². The summed E-state index contributed by atoms with van der Waals surface area (Å²) in [5.74, 6) is -0.928. The van der Waals surface area contributed by atoms with E-state index in [9.17, 15) is 4.79 Å². The Hall–Kier alpha value is -1.17. The van der Waals surface area contributed by atoms with Crippen LogP contribution in [0.15, 0.2) is 34.3 Å². The van der Waals surface area contributed by atoms with Gasteiger partial charge in [-0.25, -0.2) is 0 Å². The highest BCUT2D eigenvalue weighted by Crippen LogP contribution is 2.59. The molecule has 0 bridgehead atoms. The molecule has 0 amide bonds. The third-order valence-electron chi connectivity index (χ3n) is 4.32. The van der Waals surface area contributed by atoms with Gasteiger partial charge < -0.3 is 14.2 Å². The van der Waals surface area contributed by atoms with Crippen molar-refractivity contribution < 1.29 is 19.0 Å². The van der Waals surface area contributed by atoms with Gasteiger partial charge in [-0.3, -0.25) is 4.79 Å². The van der Waals surface area contributed by atoms with Gasteiger partial charge in [0.15, 0.2) is 0 Å². The Labute approximate surface area is 151 Å². The van der Waals surface area contributed by atoms with Crippen LogP contribution >= 0.6 is 15.9 Å². The molecule has 1 saturated heterocycles. The number of ether oxygens (including phenoxy) is 3.